The van der Waals surface area contributed by atoms with Crippen LogP contribution >= 0.6 is 0 Å². The molecule has 0 amide bonds. The Kier molecular flexibility index (Phi) is 5.26. The largest absolute Gasteiger partial charge is 0.497 e. The standard InChI is InChI=1S/C28H29NO5/c1-30-20-7-4-17(5-8-20)12-23-27-19(6-9-24(31-2)28(27)32-3)13-22-21-15-26-25(33-16-34-26)14-18(21)10-11-29(22)23/h4-9,14-15,22-23H,10-13,16H2,1-3H3. The first-order valence-corrected chi connectivity index (χ1v) is 11.7. The minimum absolute atomic E-state index is 0.158. The van der Waals surface area contributed by atoms with Crippen LogP contribution in [0.25, 0.3) is 0 Å². The Balaban J connectivity index is 1.46. The van der Waals surface area contributed by atoms with E-state index in [1.807, 2.05) is 18.2 Å². The summed E-state index contributed by atoms with van der Waals surface area (Å²) >= 11 is 0. The highest BCUT2D eigenvalue weighted by atomic mass is 16.7. The predicted molar refractivity (Wildman–Crippen MR) is 128 cm³/mol. The lowest BCUT2D eigenvalue weighted by Gasteiger charge is -2.47. The fraction of sp³-hybridized carbons (Fsp3) is 0.357. The second kappa shape index (κ2) is 8.44. The van der Waals surface area contributed by atoms with Crippen molar-refractivity contribution in [3.63, 3.8) is 0 Å². The molecule has 3 heterocycles. The van der Waals surface area contributed by atoms with Crippen molar-refractivity contribution in [1.29, 1.82) is 0 Å². The molecule has 0 aliphatic carbocycles. The van der Waals surface area contributed by atoms with Crippen LogP contribution in [0.2, 0.25) is 0 Å². The zero-order chi connectivity index (χ0) is 23.2. The molecule has 0 N–H and O–H groups in total. The van der Waals surface area contributed by atoms with Crippen molar-refractivity contribution in [3.8, 4) is 28.7 Å². The Labute approximate surface area is 200 Å². The number of methoxy groups -OCH3 is 3. The molecule has 6 rings (SSSR count). The highest BCUT2D eigenvalue weighted by Crippen LogP contribution is 2.51. The molecule has 3 aliphatic heterocycles. The summed E-state index contributed by atoms with van der Waals surface area (Å²) in [5.74, 6) is 4.21. The van der Waals surface area contributed by atoms with Crippen molar-refractivity contribution in [3.05, 3.63) is 76.3 Å². The van der Waals surface area contributed by atoms with E-state index in [-0.39, 0.29) is 12.1 Å². The average Bonchev–Trinajstić information content (AvgIpc) is 3.34. The summed E-state index contributed by atoms with van der Waals surface area (Å²) in [6, 6.07) is 17.4. The van der Waals surface area contributed by atoms with E-state index in [1.165, 1.54) is 27.8 Å². The molecule has 0 radical (unpaired) electrons. The number of rotatable bonds is 5. The average molecular weight is 460 g/mol. The molecule has 3 aromatic rings. The van der Waals surface area contributed by atoms with Gasteiger partial charge in [-0.1, -0.05) is 18.2 Å². The molecule has 0 fully saturated rings. The van der Waals surface area contributed by atoms with Crippen LogP contribution in [0.3, 0.4) is 0 Å². The van der Waals surface area contributed by atoms with Crippen LogP contribution in [-0.2, 0) is 19.3 Å². The molecule has 176 valence electrons. The van der Waals surface area contributed by atoms with Crippen molar-refractivity contribution in [2.45, 2.75) is 31.3 Å². The quantitative estimate of drug-likeness (QED) is 0.542. The molecule has 2 unspecified atom stereocenters. The second-order valence-corrected chi connectivity index (χ2v) is 9.05. The SMILES string of the molecule is COc1ccc(CC2c3c(ccc(OC)c3OC)CC3c4cc5c(cc4CCN32)OCO5)cc1. The number of benzene rings is 3. The predicted octanol–water partition coefficient (Wildman–Crippen LogP) is 4.88. The molecular formula is C28H29NO5. The van der Waals surface area contributed by atoms with E-state index < -0.39 is 0 Å². The van der Waals surface area contributed by atoms with Gasteiger partial charge in [-0.3, -0.25) is 4.90 Å². The van der Waals surface area contributed by atoms with E-state index in [0.29, 0.717) is 6.79 Å². The van der Waals surface area contributed by atoms with Gasteiger partial charge >= 0.3 is 0 Å². The normalized spacial score (nSPS) is 20.2. The molecular weight excluding hydrogens is 430 g/mol. The van der Waals surface area contributed by atoms with Crippen molar-refractivity contribution in [1.82, 2.24) is 4.90 Å². The summed E-state index contributed by atoms with van der Waals surface area (Å²) < 4.78 is 28.4. The smallest absolute Gasteiger partial charge is 0.231 e. The Morgan fingerprint density at radius 1 is 0.882 bits per heavy atom. The number of hydrogen-bond acceptors (Lipinski definition) is 6. The van der Waals surface area contributed by atoms with Crippen LogP contribution < -0.4 is 23.7 Å². The highest BCUT2D eigenvalue weighted by molar-refractivity contribution is 5.57. The van der Waals surface area contributed by atoms with Crippen LogP contribution in [-0.4, -0.2) is 39.6 Å². The van der Waals surface area contributed by atoms with E-state index in [1.54, 1.807) is 21.3 Å². The van der Waals surface area contributed by atoms with E-state index >= 15 is 0 Å². The zero-order valence-electron chi connectivity index (χ0n) is 19.8. The van der Waals surface area contributed by atoms with Gasteiger partial charge in [0.05, 0.1) is 21.3 Å². The number of ether oxygens (including phenoxy) is 5. The van der Waals surface area contributed by atoms with Crippen LogP contribution in [0, 0.1) is 0 Å². The molecule has 3 aliphatic rings. The van der Waals surface area contributed by atoms with E-state index in [2.05, 4.69) is 35.2 Å². The number of hydrogen-bond donors (Lipinski definition) is 0. The molecule has 0 saturated carbocycles. The first-order valence-electron chi connectivity index (χ1n) is 11.7. The van der Waals surface area contributed by atoms with E-state index in [4.69, 9.17) is 23.7 Å². The lowest BCUT2D eigenvalue weighted by molar-refractivity contribution is 0.103. The van der Waals surface area contributed by atoms with Crippen molar-refractivity contribution < 1.29 is 23.7 Å². The van der Waals surface area contributed by atoms with Gasteiger partial charge in [-0.25, -0.2) is 0 Å². The van der Waals surface area contributed by atoms with E-state index in [0.717, 1.165) is 54.6 Å². The second-order valence-electron chi connectivity index (χ2n) is 9.05. The molecule has 0 spiro atoms. The fourth-order valence-corrected chi connectivity index (χ4v) is 5.82. The molecule has 3 aromatic carbocycles. The third kappa shape index (κ3) is 3.36. The summed E-state index contributed by atoms with van der Waals surface area (Å²) in [4.78, 5) is 2.64. The fourth-order valence-electron chi connectivity index (χ4n) is 5.82. The van der Waals surface area contributed by atoms with Crippen molar-refractivity contribution >= 4 is 0 Å². The monoisotopic (exact) mass is 459 g/mol. The first-order chi connectivity index (χ1) is 16.7. The maximum atomic E-state index is 5.94. The molecule has 6 nitrogen and oxygen atoms in total. The van der Waals surface area contributed by atoms with Gasteiger partial charge in [-0.05, 0) is 71.8 Å². The summed E-state index contributed by atoms with van der Waals surface area (Å²) in [6.07, 6.45) is 2.77. The molecule has 2 atom stereocenters. The third-order valence-corrected chi connectivity index (χ3v) is 7.44. The Morgan fingerprint density at radius 3 is 2.41 bits per heavy atom. The van der Waals surface area contributed by atoms with Crippen molar-refractivity contribution in [2.75, 3.05) is 34.7 Å². The molecule has 0 aromatic heterocycles. The summed E-state index contributed by atoms with van der Waals surface area (Å²) in [5.41, 5.74) is 6.51. The van der Waals surface area contributed by atoms with Crippen LogP contribution in [0.15, 0.2) is 48.5 Å². The van der Waals surface area contributed by atoms with Crippen LogP contribution in [0.5, 0.6) is 28.7 Å². The molecule has 0 saturated heterocycles. The minimum atomic E-state index is 0.158. The van der Waals surface area contributed by atoms with Gasteiger partial charge in [0.25, 0.3) is 0 Å². The number of fused-ring (bicyclic) bond motifs is 5. The topological polar surface area (TPSA) is 49.4 Å². The Morgan fingerprint density at radius 2 is 1.68 bits per heavy atom. The number of nitrogens with zero attached hydrogens (tertiary/aromatic N) is 1. The van der Waals surface area contributed by atoms with Gasteiger partial charge in [0.15, 0.2) is 23.0 Å². The lowest BCUT2D eigenvalue weighted by Crippen LogP contribution is -2.43. The molecule has 0 bridgehead atoms. The first kappa shape index (κ1) is 21.2. The van der Waals surface area contributed by atoms with Gasteiger partial charge in [-0.15, -0.1) is 0 Å². The molecule has 34 heavy (non-hydrogen) atoms. The van der Waals surface area contributed by atoms with Gasteiger partial charge < -0.3 is 23.7 Å². The Hall–Kier alpha value is -3.38. The highest BCUT2D eigenvalue weighted by Gasteiger charge is 2.41. The van der Waals surface area contributed by atoms with Crippen LogP contribution in [0.4, 0.5) is 0 Å². The summed E-state index contributed by atoms with van der Waals surface area (Å²) in [5, 5.41) is 0. The maximum Gasteiger partial charge on any atom is 0.231 e. The van der Waals surface area contributed by atoms with Gasteiger partial charge in [-0.2, -0.15) is 0 Å². The third-order valence-electron chi connectivity index (χ3n) is 7.44. The minimum Gasteiger partial charge on any atom is -0.497 e. The maximum absolute atomic E-state index is 5.94. The molecule has 6 heteroatoms. The van der Waals surface area contributed by atoms with Crippen LogP contribution in [0.1, 0.15) is 39.9 Å². The zero-order valence-corrected chi connectivity index (χ0v) is 19.8. The Bertz CT molecular complexity index is 1220. The van der Waals surface area contributed by atoms with E-state index in [9.17, 15) is 0 Å². The summed E-state index contributed by atoms with van der Waals surface area (Å²) in [6.45, 7) is 1.27. The van der Waals surface area contributed by atoms with Crippen molar-refractivity contribution in [2.24, 2.45) is 0 Å². The van der Waals surface area contributed by atoms with Gasteiger partial charge in [0, 0.05) is 24.2 Å². The van der Waals surface area contributed by atoms with Gasteiger partial charge in [0.2, 0.25) is 6.79 Å². The lowest BCUT2D eigenvalue weighted by atomic mass is 9.78. The van der Waals surface area contributed by atoms with Gasteiger partial charge in [0.1, 0.15) is 5.75 Å². The summed E-state index contributed by atoms with van der Waals surface area (Å²) in [7, 11) is 5.14.